The van der Waals surface area contributed by atoms with E-state index in [-0.39, 0.29) is 49.4 Å². The predicted molar refractivity (Wildman–Crippen MR) is 247 cm³/mol. The van der Waals surface area contributed by atoms with Gasteiger partial charge in [-0.3, -0.25) is 29.2 Å². The van der Waals surface area contributed by atoms with E-state index in [4.69, 9.17) is 14.5 Å². The first kappa shape index (κ1) is 46.8. The minimum atomic E-state index is -1.02. The average Bonchev–Trinajstić information content (AvgIpc) is 3.88. The zero-order valence-electron chi connectivity index (χ0n) is 38.9. The third-order valence-electron chi connectivity index (χ3n) is 13.3. The van der Waals surface area contributed by atoms with E-state index in [1.165, 1.54) is 9.91 Å². The summed E-state index contributed by atoms with van der Waals surface area (Å²) in [6.45, 7) is 15.1. The van der Waals surface area contributed by atoms with Gasteiger partial charge in [-0.25, -0.2) is 5.43 Å². The molecule has 0 radical (unpaired) electrons. The van der Waals surface area contributed by atoms with Crippen LogP contribution in [0.25, 0.3) is 33.3 Å². The number of carbonyl (C=O) groups excluding carboxylic acids is 4. The third kappa shape index (κ3) is 9.90. The fraction of sp³-hybridized carbons (Fsp3) is 0.540. The summed E-state index contributed by atoms with van der Waals surface area (Å²) in [6, 6.07) is 16.1. The van der Waals surface area contributed by atoms with Crippen molar-refractivity contribution in [2.75, 3.05) is 53.6 Å². The maximum absolute atomic E-state index is 14.7. The molecule has 14 heteroatoms. The highest BCUT2D eigenvalue weighted by Gasteiger charge is 2.40. The summed E-state index contributed by atoms with van der Waals surface area (Å²) in [5.41, 5.74) is 10.6. The number of ether oxygens (including phenoxy) is 2. The van der Waals surface area contributed by atoms with Gasteiger partial charge in [-0.2, -0.15) is 0 Å². The Morgan fingerprint density at radius 3 is 2.58 bits per heavy atom. The van der Waals surface area contributed by atoms with E-state index in [1.807, 2.05) is 39.0 Å². The molecule has 2 fully saturated rings. The molecular weight excluding hydrogens is 811 g/mol. The number of aromatic nitrogens is 2. The molecule has 5 atom stereocenters. The van der Waals surface area contributed by atoms with Gasteiger partial charge < -0.3 is 34.3 Å². The number of nitrogens with zero attached hydrogens (tertiary/aromatic N) is 5. The van der Waals surface area contributed by atoms with E-state index in [9.17, 15) is 24.3 Å². The molecule has 64 heavy (non-hydrogen) atoms. The third-order valence-corrected chi connectivity index (χ3v) is 13.3. The molecule has 3 aliphatic heterocycles. The Kier molecular flexibility index (Phi) is 14.6. The molecule has 4 aromatic rings. The second-order valence-electron chi connectivity index (χ2n) is 19.0. The second-order valence-corrected chi connectivity index (χ2v) is 19.0. The summed E-state index contributed by atoms with van der Waals surface area (Å²) in [7, 11) is 3.36. The first-order valence-electron chi connectivity index (χ1n) is 23.0. The zero-order valence-corrected chi connectivity index (χ0v) is 38.9. The van der Waals surface area contributed by atoms with Gasteiger partial charge in [0.05, 0.1) is 36.6 Å². The number of carbonyl (C=O) groups is 4. The molecular formula is C50H67N7O7. The number of aliphatic hydroxyl groups is 1. The number of aryl methyl sites for hydroxylation is 1. The Morgan fingerprint density at radius 1 is 1.06 bits per heavy atom. The second kappa shape index (κ2) is 19.9. The van der Waals surface area contributed by atoms with Gasteiger partial charge in [0, 0.05) is 74.8 Å². The van der Waals surface area contributed by atoms with Crippen LogP contribution in [-0.2, 0) is 48.0 Å². The zero-order chi connectivity index (χ0) is 45.9. The first-order valence-corrected chi connectivity index (χ1v) is 23.0. The van der Waals surface area contributed by atoms with Crippen LogP contribution in [-0.4, -0.2) is 125 Å². The molecule has 2 saturated heterocycles. The number of hydrogen-bond acceptors (Lipinski definition) is 10. The van der Waals surface area contributed by atoms with Crippen molar-refractivity contribution in [3.8, 4) is 22.4 Å². The van der Waals surface area contributed by atoms with Crippen LogP contribution in [0.4, 0.5) is 0 Å². The van der Waals surface area contributed by atoms with Gasteiger partial charge in [0.1, 0.15) is 18.1 Å². The van der Waals surface area contributed by atoms with Gasteiger partial charge in [-0.05, 0) is 98.5 Å². The molecule has 3 aliphatic rings. The van der Waals surface area contributed by atoms with Crippen LogP contribution in [0.2, 0.25) is 0 Å². The van der Waals surface area contributed by atoms with Crippen LogP contribution in [0.3, 0.4) is 0 Å². The van der Waals surface area contributed by atoms with Gasteiger partial charge in [-0.15, -0.1) is 0 Å². The van der Waals surface area contributed by atoms with Crippen molar-refractivity contribution in [2.45, 2.75) is 104 Å². The lowest BCUT2D eigenvalue weighted by Crippen LogP contribution is -2.62. The van der Waals surface area contributed by atoms with E-state index in [1.54, 1.807) is 20.4 Å². The van der Waals surface area contributed by atoms with E-state index in [2.05, 4.69) is 77.4 Å². The lowest BCUT2D eigenvalue weighted by molar-refractivity contribution is -0.155. The number of nitrogens with one attached hydrogen (secondary N) is 2. The van der Waals surface area contributed by atoms with Crippen LogP contribution in [0.5, 0.6) is 0 Å². The van der Waals surface area contributed by atoms with E-state index in [0.29, 0.717) is 58.4 Å². The molecule has 0 saturated carbocycles. The van der Waals surface area contributed by atoms with Crippen molar-refractivity contribution in [3.05, 3.63) is 77.6 Å². The molecule has 0 aliphatic carbocycles. The molecule has 0 unspecified atom stereocenters. The van der Waals surface area contributed by atoms with Crippen LogP contribution in [0, 0.1) is 17.3 Å². The number of benzene rings is 2. The van der Waals surface area contributed by atoms with Gasteiger partial charge in [0.15, 0.2) is 0 Å². The standard InChI is InChI=1S/C50H67N7O7/c1-9-56-42-18-17-35-27-38(42)39(45(56)37-15-11-20-51-43(37)32(4)63-8)28-50(5,6)30-64-49(62)40-16-12-21-57(53-40)48(61)41(26-33-13-10-14-34(35)25-33)52-46(59)44(31(2)3)54(7)47(60)36-19-22-55(29-36)23-24-58/h10-11,13-15,17-18,20,25,27,31-32,36,40-41,44,53,58H,9,12,16,19,21-24,26,28-30H2,1-8H3,(H,52,59)/t32-,36-,40-,41-,44-/m0/s1. The average molecular weight is 878 g/mol. The molecule has 7 rings (SSSR count). The normalized spacial score (nSPS) is 21.7. The summed E-state index contributed by atoms with van der Waals surface area (Å²) < 4.78 is 14.3. The minimum Gasteiger partial charge on any atom is -0.464 e. The van der Waals surface area contributed by atoms with Crippen LogP contribution in [0.1, 0.15) is 83.7 Å². The SMILES string of the molecule is CCn1c(-c2cccnc2[C@H](C)OC)c2c3cc(ccc31)-c1cccc(c1)C[C@H](NC(=O)[C@H](C(C)C)N(C)C(=O)[C@H]1CCN(CCO)C1)C(=O)N1CCC[C@H](N1)C(=O)OCC(C)(C)C2. The number of likely N-dealkylation sites (N-methyl/N-ethyl adjacent to an activating group) is 1. The Labute approximate surface area is 377 Å². The quantitative estimate of drug-likeness (QED) is 0.164. The summed E-state index contributed by atoms with van der Waals surface area (Å²) in [5.74, 6) is -1.91. The number of rotatable bonds is 11. The Hall–Kier alpha value is -5.15. The Balaban J connectivity index is 1.29. The van der Waals surface area contributed by atoms with E-state index in [0.717, 1.165) is 50.1 Å². The molecule has 2 aromatic carbocycles. The number of likely N-dealkylation sites (tertiary alicyclic amines) is 1. The van der Waals surface area contributed by atoms with E-state index >= 15 is 0 Å². The van der Waals surface area contributed by atoms with Crippen molar-refractivity contribution in [1.29, 1.82) is 0 Å². The smallest absolute Gasteiger partial charge is 0.324 e. The topological polar surface area (TPSA) is 159 Å². The molecule has 3 N–H and O–H groups in total. The van der Waals surface area contributed by atoms with Crippen molar-refractivity contribution < 1.29 is 33.8 Å². The van der Waals surface area contributed by atoms with Crippen LogP contribution >= 0.6 is 0 Å². The van der Waals surface area contributed by atoms with Gasteiger partial charge in [0.25, 0.3) is 5.91 Å². The number of cyclic esters (lactones) is 1. The number of pyridine rings is 1. The van der Waals surface area contributed by atoms with Crippen molar-refractivity contribution in [1.82, 2.24) is 35.1 Å². The van der Waals surface area contributed by atoms with Crippen molar-refractivity contribution >= 4 is 34.6 Å². The molecule has 14 nitrogen and oxygen atoms in total. The number of hydrazine groups is 1. The highest BCUT2D eigenvalue weighted by molar-refractivity contribution is 5.96. The minimum absolute atomic E-state index is 0.0187. The monoisotopic (exact) mass is 878 g/mol. The number of amides is 3. The van der Waals surface area contributed by atoms with Gasteiger partial charge >= 0.3 is 5.97 Å². The van der Waals surface area contributed by atoms with Crippen LogP contribution in [0.15, 0.2) is 60.8 Å². The predicted octanol–water partition coefficient (Wildman–Crippen LogP) is 5.54. The fourth-order valence-electron chi connectivity index (χ4n) is 9.97. The first-order chi connectivity index (χ1) is 30.6. The maximum atomic E-state index is 14.7. The van der Waals surface area contributed by atoms with Gasteiger partial charge in [0.2, 0.25) is 11.8 Å². The molecule has 2 aromatic heterocycles. The lowest BCUT2D eigenvalue weighted by Gasteiger charge is -2.37. The lowest BCUT2D eigenvalue weighted by atomic mass is 9.84. The molecule has 5 heterocycles. The Bertz CT molecular complexity index is 2340. The maximum Gasteiger partial charge on any atom is 0.324 e. The molecule has 344 valence electrons. The fourth-order valence-corrected chi connectivity index (χ4v) is 9.97. The Morgan fingerprint density at radius 2 is 1.84 bits per heavy atom. The highest BCUT2D eigenvalue weighted by Crippen LogP contribution is 2.42. The summed E-state index contributed by atoms with van der Waals surface area (Å²) >= 11 is 0. The number of aliphatic hydroxyl groups excluding tert-OH is 1. The van der Waals surface area contributed by atoms with Crippen molar-refractivity contribution in [2.24, 2.45) is 17.3 Å². The summed E-state index contributed by atoms with van der Waals surface area (Å²) in [5, 5.41) is 15.1. The highest BCUT2D eigenvalue weighted by atomic mass is 16.5. The van der Waals surface area contributed by atoms with Crippen molar-refractivity contribution in [3.63, 3.8) is 0 Å². The summed E-state index contributed by atoms with van der Waals surface area (Å²) in [4.78, 5) is 65.3. The number of hydrogen-bond donors (Lipinski definition) is 3. The van der Waals surface area contributed by atoms with Gasteiger partial charge in [-0.1, -0.05) is 58.0 Å². The largest absolute Gasteiger partial charge is 0.464 e. The number of esters is 1. The summed E-state index contributed by atoms with van der Waals surface area (Å²) in [6.07, 6.45) is 4.02. The molecule has 3 amide bonds. The molecule has 6 bridgehead atoms. The number of β-amino-alcohol motifs (C(OH)–C–C–N with tert-alkyl or cyclic N) is 1. The number of fused-ring (bicyclic) bond motifs is 6. The van der Waals surface area contributed by atoms with E-state index < -0.39 is 35.4 Å². The molecule has 0 spiro atoms. The van der Waals surface area contributed by atoms with Crippen LogP contribution < -0.4 is 10.7 Å². The number of methoxy groups -OCH3 is 1.